The maximum atomic E-state index is 13.1. The van der Waals surface area contributed by atoms with Crippen molar-refractivity contribution in [3.63, 3.8) is 0 Å². The van der Waals surface area contributed by atoms with Crippen molar-refractivity contribution in [2.45, 2.75) is 316 Å². The van der Waals surface area contributed by atoms with Gasteiger partial charge < -0.3 is 33.8 Å². The highest BCUT2D eigenvalue weighted by Gasteiger charge is 2.30. The van der Waals surface area contributed by atoms with Gasteiger partial charge in [0.1, 0.15) is 19.3 Å². The third-order valence-corrected chi connectivity index (χ3v) is 17.7. The molecule has 0 rings (SSSR count). The number of aliphatic hydroxyl groups excluding tert-OH is 1. The molecule has 0 saturated carbocycles. The summed E-state index contributed by atoms with van der Waals surface area (Å²) in [5, 5.41) is 10.6. The van der Waals surface area contributed by atoms with Gasteiger partial charge in [0.2, 0.25) is 0 Å². The van der Waals surface area contributed by atoms with Crippen molar-refractivity contribution >= 4 is 39.5 Å². The fourth-order valence-corrected chi connectivity index (χ4v) is 11.5. The van der Waals surface area contributed by atoms with Gasteiger partial charge in [0.05, 0.1) is 26.4 Å². The van der Waals surface area contributed by atoms with Crippen LogP contribution in [0, 0.1) is 0 Å². The number of hydrogen-bond donors (Lipinski definition) is 3. The van der Waals surface area contributed by atoms with Gasteiger partial charge in [-0.1, -0.05) is 283 Å². The third-order valence-electron chi connectivity index (χ3n) is 15.8. The second kappa shape index (κ2) is 74.2. The Morgan fingerprint density at radius 1 is 0.284 bits per heavy atom. The van der Waals surface area contributed by atoms with Gasteiger partial charge >= 0.3 is 39.5 Å². The summed E-state index contributed by atoms with van der Waals surface area (Å²) in [5.74, 6) is -2.34. The van der Waals surface area contributed by atoms with Gasteiger partial charge in [-0.2, -0.15) is 0 Å². The summed E-state index contributed by atoms with van der Waals surface area (Å²) in [7, 11) is -9.99. The number of esters is 4. The molecule has 0 bridgehead atoms. The first-order chi connectivity index (χ1) is 49.7. The van der Waals surface area contributed by atoms with Gasteiger partial charge in [-0.05, 0) is 135 Å². The fourth-order valence-electron chi connectivity index (χ4n) is 9.91. The summed E-state index contributed by atoms with van der Waals surface area (Å²) in [5.41, 5.74) is 0. The predicted octanol–water partition coefficient (Wildman–Crippen LogP) is 22.7. The Morgan fingerprint density at radius 3 is 0.882 bits per heavy atom. The monoisotopic (exact) mass is 1470 g/mol. The first kappa shape index (κ1) is 96.9. The van der Waals surface area contributed by atoms with E-state index in [4.69, 9.17) is 37.0 Å². The Bertz CT molecular complexity index is 2510. The van der Waals surface area contributed by atoms with E-state index in [0.29, 0.717) is 32.1 Å². The number of rotatable bonds is 72. The molecule has 5 unspecified atom stereocenters. The van der Waals surface area contributed by atoms with E-state index >= 15 is 0 Å². The number of carbonyl (C=O) groups is 4. The zero-order chi connectivity index (χ0) is 74.6. The summed E-state index contributed by atoms with van der Waals surface area (Å²) in [4.78, 5) is 72.9. The zero-order valence-electron chi connectivity index (χ0n) is 63.5. The van der Waals surface area contributed by atoms with Crippen LogP contribution in [0.2, 0.25) is 0 Å². The molecular weight excluding hydrogens is 1330 g/mol. The summed E-state index contributed by atoms with van der Waals surface area (Å²) >= 11 is 0. The molecule has 0 amide bonds. The predicted molar refractivity (Wildman–Crippen MR) is 417 cm³/mol. The molecule has 0 fully saturated rings. The summed E-state index contributed by atoms with van der Waals surface area (Å²) in [6.07, 6.45) is 84.2. The van der Waals surface area contributed by atoms with Gasteiger partial charge in [0.15, 0.2) is 12.2 Å². The number of carbonyl (C=O) groups excluding carboxylic acids is 4. The Kier molecular flexibility index (Phi) is 70.5. The number of allylic oxidation sites excluding steroid dienone is 24. The Hall–Kier alpha value is -5.06. The molecule has 19 heteroatoms. The van der Waals surface area contributed by atoms with Crippen molar-refractivity contribution in [1.82, 2.24) is 0 Å². The van der Waals surface area contributed by atoms with Crippen LogP contribution in [-0.2, 0) is 65.4 Å². The molecule has 5 atom stereocenters. The number of ether oxygens (including phenoxy) is 4. The first-order valence-corrected chi connectivity index (χ1v) is 42.1. The lowest BCUT2D eigenvalue weighted by atomic mass is 10.0. The van der Waals surface area contributed by atoms with E-state index in [0.717, 1.165) is 141 Å². The normalized spacial score (nSPS) is 14.7. The summed E-state index contributed by atoms with van der Waals surface area (Å²) in [6.45, 7) is 4.47. The van der Waals surface area contributed by atoms with E-state index < -0.39 is 97.5 Å². The standard InChI is InChI=1S/C83H138O17P2/c1-5-9-13-17-21-25-29-33-36-37-38-39-42-45-48-52-56-60-64-68-81(86)94-73-78(99-82(87)69-65-61-57-53-49-43-32-28-24-20-16-12-8-4)75-97-101(89,90)95-71-77(84)72-96-102(91,92)98-76-79(100-83(88)70-66-62-58-54-50-46-41-35-31-27-23-19-15-11-7-3)74-93-80(85)67-63-59-55-51-47-44-40-34-30-26-22-18-14-10-6-2/h9-10,13-14,21-23,25-27,33-36,38-41,45,47-48,51,56,60,77-79,84H,5-8,11-12,15-20,24,28-32,37,42-44,46,49-50,52-55,57-59,61-76H2,1-4H3,(H,89,90)(H,91,92)/b13-9-,14-10-,25-21-,26-22-,27-23-,36-33-,39-38-,40-34-,41-35-,48-45-,51-47-,60-56-. The van der Waals surface area contributed by atoms with Crippen LogP contribution in [0.4, 0.5) is 0 Å². The second-order valence-electron chi connectivity index (χ2n) is 25.5. The lowest BCUT2D eigenvalue weighted by Gasteiger charge is -2.21. The maximum absolute atomic E-state index is 13.1. The number of unbranched alkanes of at least 4 members (excludes halogenated alkanes) is 22. The highest BCUT2D eigenvalue weighted by atomic mass is 31.2. The van der Waals surface area contributed by atoms with Gasteiger partial charge in [-0.15, -0.1) is 0 Å². The molecule has 0 radical (unpaired) electrons. The van der Waals surface area contributed by atoms with Crippen molar-refractivity contribution in [2.75, 3.05) is 39.6 Å². The number of phosphoric ester groups is 2. The molecule has 0 heterocycles. The topological polar surface area (TPSA) is 237 Å². The molecule has 582 valence electrons. The van der Waals surface area contributed by atoms with E-state index in [9.17, 15) is 43.2 Å². The Labute approximate surface area is 617 Å². The van der Waals surface area contributed by atoms with Crippen molar-refractivity contribution in [2.24, 2.45) is 0 Å². The molecule has 17 nitrogen and oxygen atoms in total. The van der Waals surface area contributed by atoms with Gasteiger partial charge in [0, 0.05) is 25.7 Å². The molecule has 0 spiro atoms. The van der Waals surface area contributed by atoms with Crippen molar-refractivity contribution in [1.29, 1.82) is 0 Å². The molecule has 0 saturated heterocycles. The van der Waals surface area contributed by atoms with Crippen LogP contribution >= 0.6 is 15.6 Å². The minimum Gasteiger partial charge on any atom is -0.462 e. The van der Waals surface area contributed by atoms with E-state index in [-0.39, 0.29) is 25.7 Å². The molecule has 0 aliphatic carbocycles. The first-order valence-electron chi connectivity index (χ1n) is 39.1. The van der Waals surface area contributed by atoms with E-state index in [2.05, 4.69) is 155 Å². The highest BCUT2D eigenvalue weighted by molar-refractivity contribution is 7.47. The zero-order valence-corrected chi connectivity index (χ0v) is 65.3. The largest absolute Gasteiger partial charge is 0.472 e. The lowest BCUT2D eigenvalue weighted by molar-refractivity contribution is -0.161. The van der Waals surface area contributed by atoms with Crippen molar-refractivity contribution in [3.8, 4) is 0 Å². The fraction of sp³-hybridized carbons (Fsp3) is 0.663. The molecule has 0 aromatic carbocycles. The van der Waals surface area contributed by atoms with E-state index in [1.165, 1.54) is 70.6 Å². The second-order valence-corrected chi connectivity index (χ2v) is 28.4. The van der Waals surface area contributed by atoms with Crippen LogP contribution < -0.4 is 0 Å². The third kappa shape index (κ3) is 73.3. The molecule has 0 aliphatic heterocycles. The Balaban J connectivity index is 5.46. The quantitative estimate of drug-likeness (QED) is 0.0169. The smallest absolute Gasteiger partial charge is 0.462 e. The van der Waals surface area contributed by atoms with Crippen LogP contribution in [0.3, 0.4) is 0 Å². The summed E-state index contributed by atoms with van der Waals surface area (Å²) in [6, 6.07) is 0. The van der Waals surface area contributed by atoms with Gasteiger partial charge in [0.25, 0.3) is 0 Å². The van der Waals surface area contributed by atoms with Crippen LogP contribution in [-0.4, -0.2) is 96.7 Å². The average Bonchev–Trinajstić information content (AvgIpc) is 0.908. The molecule has 102 heavy (non-hydrogen) atoms. The molecule has 3 N–H and O–H groups in total. The van der Waals surface area contributed by atoms with E-state index in [1.807, 2.05) is 18.2 Å². The minimum atomic E-state index is -5.00. The van der Waals surface area contributed by atoms with Gasteiger partial charge in [-0.3, -0.25) is 37.3 Å². The van der Waals surface area contributed by atoms with E-state index in [1.54, 1.807) is 0 Å². The van der Waals surface area contributed by atoms with Crippen molar-refractivity contribution < 1.29 is 80.2 Å². The van der Waals surface area contributed by atoms with Crippen LogP contribution in [0.25, 0.3) is 0 Å². The molecule has 0 aromatic heterocycles. The van der Waals surface area contributed by atoms with Crippen LogP contribution in [0.1, 0.15) is 297 Å². The number of phosphoric acid groups is 2. The molecule has 0 aromatic rings. The van der Waals surface area contributed by atoms with Crippen LogP contribution in [0.5, 0.6) is 0 Å². The number of aliphatic hydroxyl groups is 1. The summed E-state index contributed by atoms with van der Waals surface area (Å²) < 4.78 is 68.4. The minimum absolute atomic E-state index is 0.0334. The van der Waals surface area contributed by atoms with Gasteiger partial charge in [-0.25, -0.2) is 9.13 Å². The average molecular weight is 1470 g/mol. The highest BCUT2D eigenvalue weighted by Crippen LogP contribution is 2.45. The maximum Gasteiger partial charge on any atom is 0.472 e. The Morgan fingerprint density at radius 2 is 0.529 bits per heavy atom. The number of hydrogen-bond acceptors (Lipinski definition) is 15. The van der Waals surface area contributed by atoms with Crippen LogP contribution in [0.15, 0.2) is 146 Å². The SMILES string of the molecule is CC/C=C\C/C=C\C/C=C\C/C=C\C/C=C\C/C=C\CCC(=O)OCC(COP(=O)(O)OCC(O)COP(=O)(O)OCC(COC(=O)CCCC/C=C\C/C=C\C/C=C\C/C=C\CC)OC(=O)CCCCCCC/C=C\C/C=C\CCCCC)OC(=O)CCCCCCCCCCCCCCC. The molecular formula is C83H138O17P2. The van der Waals surface area contributed by atoms with Crippen molar-refractivity contribution in [3.05, 3.63) is 146 Å². The molecule has 0 aliphatic rings. The lowest BCUT2D eigenvalue weighted by Crippen LogP contribution is -2.30.